The molecule has 1 saturated carbocycles. The van der Waals surface area contributed by atoms with Gasteiger partial charge in [0.05, 0.1) is 13.0 Å². The number of hydrogen-bond acceptors (Lipinski definition) is 2. The molecule has 2 aromatic carbocycles. The van der Waals surface area contributed by atoms with Crippen LogP contribution in [0.15, 0.2) is 42.5 Å². The maximum atomic E-state index is 12.2. The highest BCUT2D eigenvalue weighted by Crippen LogP contribution is 2.26. The van der Waals surface area contributed by atoms with Crippen LogP contribution in [0.5, 0.6) is 0 Å². The smallest absolute Gasteiger partial charge is 0.239 e. The molecule has 4 heteroatoms. The van der Waals surface area contributed by atoms with Crippen LogP contribution in [0, 0.1) is 5.92 Å². The molecule has 1 fully saturated rings. The van der Waals surface area contributed by atoms with Crippen molar-refractivity contribution in [3.05, 3.63) is 48.0 Å². The molecule has 2 N–H and O–H groups in total. The first-order chi connectivity index (χ1) is 13.2. The first-order valence-corrected chi connectivity index (χ1v) is 10.2. The predicted octanol–water partition coefficient (Wildman–Crippen LogP) is 3.98. The fraction of sp³-hybridized carbons (Fsp3) is 0.478. The van der Waals surface area contributed by atoms with Crippen molar-refractivity contribution in [1.82, 2.24) is 10.6 Å². The minimum atomic E-state index is -0.122. The van der Waals surface area contributed by atoms with Crippen molar-refractivity contribution in [2.45, 2.75) is 51.4 Å². The molecule has 0 heterocycles. The first kappa shape index (κ1) is 19.4. The van der Waals surface area contributed by atoms with E-state index in [1.807, 2.05) is 42.5 Å². The average Bonchev–Trinajstić information content (AvgIpc) is 2.71. The molecule has 0 unspecified atom stereocenters. The number of nitrogens with one attached hydrogen (secondary N) is 2. The lowest BCUT2D eigenvalue weighted by molar-refractivity contribution is -0.125. The second-order valence-corrected chi connectivity index (χ2v) is 7.59. The van der Waals surface area contributed by atoms with E-state index in [0.717, 1.165) is 28.7 Å². The SMILES string of the molecule is O=C(CNC(=O)Cc1cccc2ccccc12)NCCCC1CCCCC1. The first-order valence-electron chi connectivity index (χ1n) is 10.2. The lowest BCUT2D eigenvalue weighted by atomic mass is 9.86. The third-order valence-electron chi connectivity index (χ3n) is 5.51. The predicted molar refractivity (Wildman–Crippen MR) is 109 cm³/mol. The second kappa shape index (κ2) is 10.1. The minimum absolute atomic E-state index is 0.0486. The number of hydrogen-bond donors (Lipinski definition) is 2. The van der Waals surface area contributed by atoms with Gasteiger partial charge in [0.1, 0.15) is 0 Å². The molecule has 2 amide bonds. The van der Waals surface area contributed by atoms with Crippen LogP contribution >= 0.6 is 0 Å². The summed E-state index contributed by atoms with van der Waals surface area (Å²) in [5.74, 6) is 0.615. The van der Waals surface area contributed by atoms with Gasteiger partial charge in [-0.1, -0.05) is 74.6 Å². The zero-order chi connectivity index (χ0) is 18.9. The summed E-state index contributed by atoms with van der Waals surface area (Å²) in [5.41, 5.74) is 0.985. The lowest BCUT2D eigenvalue weighted by Crippen LogP contribution is -2.38. The van der Waals surface area contributed by atoms with E-state index in [0.29, 0.717) is 6.54 Å². The van der Waals surface area contributed by atoms with Gasteiger partial charge in [0.15, 0.2) is 0 Å². The Bertz CT molecular complexity index is 761. The van der Waals surface area contributed by atoms with E-state index >= 15 is 0 Å². The van der Waals surface area contributed by atoms with Gasteiger partial charge in [-0.05, 0) is 35.1 Å². The molecule has 0 saturated heterocycles. The maximum absolute atomic E-state index is 12.2. The number of carbonyl (C=O) groups is 2. The van der Waals surface area contributed by atoms with Crippen LogP contribution in [0.4, 0.5) is 0 Å². The van der Waals surface area contributed by atoms with Crippen LogP contribution in [-0.4, -0.2) is 24.9 Å². The summed E-state index contributed by atoms with van der Waals surface area (Å²) < 4.78 is 0. The highest BCUT2D eigenvalue weighted by atomic mass is 16.2. The van der Waals surface area contributed by atoms with Crippen LogP contribution in [0.3, 0.4) is 0 Å². The monoisotopic (exact) mass is 366 g/mol. The van der Waals surface area contributed by atoms with Gasteiger partial charge in [0.2, 0.25) is 11.8 Å². The third-order valence-corrected chi connectivity index (χ3v) is 5.51. The molecule has 27 heavy (non-hydrogen) atoms. The minimum Gasteiger partial charge on any atom is -0.355 e. The van der Waals surface area contributed by atoms with Gasteiger partial charge in [-0.2, -0.15) is 0 Å². The second-order valence-electron chi connectivity index (χ2n) is 7.59. The molecular weight excluding hydrogens is 336 g/mol. The van der Waals surface area contributed by atoms with E-state index in [9.17, 15) is 9.59 Å². The number of fused-ring (bicyclic) bond motifs is 1. The molecule has 0 radical (unpaired) electrons. The Morgan fingerprint density at radius 1 is 0.889 bits per heavy atom. The summed E-state index contributed by atoms with van der Waals surface area (Å²) in [4.78, 5) is 24.1. The highest BCUT2D eigenvalue weighted by Gasteiger charge is 2.13. The van der Waals surface area contributed by atoms with Crippen LogP contribution in [0.1, 0.15) is 50.5 Å². The summed E-state index contributed by atoms with van der Waals surface area (Å²) in [6.45, 7) is 0.752. The Morgan fingerprint density at radius 3 is 2.52 bits per heavy atom. The molecule has 1 aliphatic rings. The van der Waals surface area contributed by atoms with Crippen molar-refractivity contribution in [2.75, 3.05) is 13.1 Å². The number of benzene rings is 2. The zero-order valence-corrected chi connectivity index (χ0v) is 16.0. The Labute approximate surface area is 161 Å². The van der Waals surface area contributed by atoms with Crippen LogP contribution in [0.2, 0.25) is 0 Å². The normalized spacial score (nSPS) is 14.8. The quantitative estimate of drug-likeness (QED) is 0.695. The van der Waals surface area contributed by atoms with Crippen LogP contribution < -0.4 is 10.6 Å². The van der Waals surface area contributed by atoms with Gasteiger partial charge in [-0.3, -0.25) is 9.59 Å². The van der Waals surface area contributed by atoms with E-state index in [1.165, 1.54) is 38.5 Å². The third kappa shape index (κ3) is 6.09. The van der Waals surface area contributed by atoms with Crippen molar-refractivity contribution in [3.63, 3.8) is 0 Å². The molecule has 0 bridgehead atoms. The van der Waals surface area contributed by atoms with E-state index in [2.05, 4.69) is 10.6 Å². The molecule has 0 spiro atoms. The maximum Gasteiger partial charge on any atom is 0.239 e. The molecule has 4 nitrogen and oxygen atoms in total. The van der Waals surface area contributed by atoms with Crippen molar-refractivity contribution < 1.29 is 9.59 Å². The van der Waals surface area contributed by atoms with Crippen molar-refractivity contribution in [3.8, 4) is 0 Å². The molecule has 0 aromatic heterocycles. The van der Waals surface area contributed by atoms with Crippen molar-refractivity contribution >= 4 is 22.6 Å². The standard InChI is InChI=1S/C23H30N2O2/c26-22(16-20-13-6-12-19-11-4-5-14-21(19)20)25-17-23(27)24-15-7-10-18-8-2-1-3-9-18/h4-6,11-14,18H,1-3,7-10,15-17H2,(H,24,27)(H,25,26). The lowest BCUT2D eigenvalue weighted by Gasteiger charge is -2.21. The van der Waals surface area contributed by atoms with Gasteiger partial charge in [0, 0.05) is 6.54 Å². The fourth-order valence-electron chi connectivity index (χ4n) is 4.02. The molecule has 1 aliphatic carbocycles. The van der Waals surface area contributed by atoms with Gasteiger partial charge in [0.25, 0.3) is 0 Å². The van der Waals surface area contributed by atoms with E-state index in [4.69, 9.17) is 0 Å². The van der Waals surface area contributed by atoms with Crippen LogP contribution in [-0.2, 0) is 16.0 Å². The number of carbonyl (C=O) groups excluding carboxylic acids is 2. The molecule has 144 valence electrons. The Kier molecular flexibility index (Phi) is 7.26. The summed E-state index contributed by atoms with van der Waals surface area (Å²) in [6, 6.07) is 14.0. The highest BCUT2D eigenvalue weighted by molar-refractivity contribution is 5.91. The number of amides is 2. The summed E-state index contributed by atoms with van der Waals surface area (Å²) >= 11 is 0. The summed E-state index contributed by atoms with van der Waals surface area (Å²) in [5, 5.41) is 7.86. The van der Waals surface area contributed by atoms with Gasteiger partial charge in [-0.25, -0.2) is 0 Å². The van der Waals surface area contributed by atoms with Crippen molar-refractivity contribution in [1.29, 1.82) is 0 Å². The molecule has 3 rings (SSSR count). The van der Waals surface area contributed by atoms with Crippen molar-refractivity contribution in [2.24, 2.45) is 5.92 Å². The van der Waals surface area contributed by atoms with E-state index in [-0.39, 0.29) is 24.8 Å². The average molecular weight is 367 g/mol. The Morgan fingerprint density at radius 2 is 1.67 bits per heavy atom. The van der Waals surface area contributed by atoms with E-state index < -0.39 is 0 Å². The van der Waals surface area contributed by atoms with Gasteiger partial charge < -0.3 is 10.6 Å². The van der Waals surface area contributed by atoms with Gasteiger partial charge in [-0.15, -0.1) is 0 Å². The molecular formula is C23H30N2O2. The Hall–Kier alpha value is -2.36. The zero-order valence-electron chi connectivity index (χ0n) is 16.0. The summed E-state index contributed by atoms with van der Waals surface area (Å²) in [7, 11) is 0. The Balaban J connectivity index is 1.35. The summed E-state index contributed by atoms with van der Waals surface area (Å²) in [6.07, 6.45) is 9.31. The largest absolute Gasteiger partial charge is 0.355 e. The molecule has 0 aliphatic heterocycles. The van der Waals surface area contributed by atoms with Crippen LogP contribution in [0.25, 0.3) is 10.8 Å². The fourth-order valence-corrected chi connectivity index (χ4v) is 4.02. The topological polar surface area (TPSA) is 58.2 Å². The molecule has 0 atom stereocenters. The number of rotatable bonds is 8. The van der Waals surface area contributed by atoms with E-state index in [1.54, 1.807) is 0 Å². The molecule has 2 aromatic rings. The van der Waals surface area contributed by atoms with Gasteiger partial charge >= 0.3 is 0 Å².